The molecule has 0 spiro atoms. The van der Waals surface area contributed by atoms with Crippen molar-refractivity contribution in [3.05, 3.63) is 103 Å². The van der Waals surface area contributed by atoms with E-state index in [9.17, 15) is 5.11 Å². The molecule has 0 bridgehead atoms. The summed E-state index contributed by atoms with van der Waals surface area (Å²) in [5.41, 5.74) is 7.83. The standard InChI is InChI=1S/C35H29N4O2.Pt/c1-20(2)23-9-6-10-24(21(3)4)34(23)39-19-28(38-35(39)25-11-5-8-22-16-17-36-18-26(22)25)27-14-15-31-33(37-27)32-29(40)12-7-13-30(32)41-31;/h5-17,19-21,40H,1-4H3;/q-1;. The van der Waals surface area contributed by atoms with Crippen LogP contribution >= 0.6 is 0 Å². The van der Waals surface area contributed by atoms with Crippen LogP contribution < -0.4 is 0 Å². The van der Waals surface area contributed by atoms with Gasteiger partial charge in [-0.05, 0) is 53.4 Å². The average molecular weight is 733 g/mol. The summed E-state index contributed by atoms with van der Waals surface area (Å²) in [6, 6.07) is 23.8. The molecule has 0 saturated carbocycles. The second-order valence-corrected chi connectivity index (χ2v) is 11.0. The minimum atomic E-state index is 0. The third-order valence-electron chi connectivity index (χ3n) is 7.71. The van der Waals surface area contributed by atoms with Crippen molar-refractivity contribution >= 4 is 32.8 Å². The molecule has 0 aliphatic heterocycles. The number of aromatic hydroxyl groups is 1. The van der Waals surface area contributed by atoms with Crippen LogP contribution in [0.15, 0.2) is 89.6 Å². The molecule has 4 aromatic heterocycles. The summed E-state index contributed by atoms with van der Waals surface area (Å²) >= 11 is 0. The van der Waals surface area contributed by atoms with E-state index in [0.717, 1.165) is 33.5 Å². The van der Waals surface area contributed by atoms with Crippen LogP contribution in [-0.2, 0) is 21.1 Å². The Hall–Kier alpha value is -4.28. The molecule has 0 aliphatic carbocycles. The van der Waals surface area contributed by atoms with Gasteiger partial charge in [0, 0.05) is 27.3 Å². The zero-order valence-corrected chi connectivity index (χ0v) is 26.0. The fourth-order valence-electron chi connectivity index (χ4n) is 5.71. The maximum atomic E-state index is 10.6. The minimum absolute atomic E-state index is 0. The normalized spacial score (nSPS) is 11.7. The molecular formula is C35H29N4O2Pt-. The van der Waals surface area contributed by atoms with Crippen molar-refractivity contribution < 1.29 is 30.6 Å². The van der Waals surface area contributed by atoms with Crippen LogP contribution in [0.4, 0.5) is 0 Å². The number of benzene rings is 3. The van der Waals surface area contributed by atoms with Crippen molar-refractivity contribution in [1.29, 1.82) is 0 Å². The Morgan fingerprint density at radius 3 is 2.29 bits per heavy atom. The van der Waals surface area contributed by atoms with E-state index in [0.29, 0.717) is 39.6 Å². The van der Waals surface area contributed by atoms with Gasteiger partial charge in [-0.2, -0.15) is 0 Å². The number of phenols is 1. The number of rotatable bonds is 5. The summed E-state index contributed by atoms with van der Waals surface area (Å²) in [6.45, 7) is 8.90. The van der Waals surface area contributed by atoms with Crippen LogP contribution in [0.25, 0.3) is 61.3 Å². The molecular weight excluding hydrogens is 703 g/mol. The number of phenolic OH excluding ortho intramolecular Hbond substituents is 1. The third kappa shape index (κ3) is 4.51. The summed E-state index contributed by atoms with van der Waals surface area (Å²) < 4.78 is 8.18. The molecule has 3 aromatic carbocycles. The number of imidazole rings is 1. The summed E-state index contributed by atoms with van der Waals surface area (Å²) in [4.78, 5) is 14.5. The van der Waals surface area contributed by atoms with E-state index >= 15 is 0 Å². The number of furan rings is 1. The Labute approximate surface area is 258 Å². The number of hydrogen-bond acceptors (Lipinski definition) is 5. The molecule has 6 nitrogen and oxygen atoms in total. The molecule has 42 heavy (non-hydrogen) atoms. The molecule has 0 amide bonds. The fraction of sp³-hybridized carbons (Fsp3) is 0.171. The SMILES string of the molecule is CC(C)c1cccc(C(C)C)c1-n1cc(-c2ccc3oc4cccc(O)c4c3n2)nc1-c1cccc2ccn[c-]c12.[Pt]. The van der Waals surface area contributed by atoms with Gasteiger partial charge in [-0.3, -0.25) is 0 Å². The molecule has 7 heteroatoms. The molecule has 212 valence electrons. The van der Waals surface area contributed by atoms with Gasteiger partial charge in [-0.1, -0.05) is 81.9 Å². The maximum Gasteiger partial charge on any atom is 0.154 e. The molecule has 7 aromatic rings. The second-order valence-electron chi connectivity index (χ2n) is 11.0. The first-order valence-electron chi connectivity index (χ1n) is 13.9. The zero-order valence-electron chi connectivity index (χ0n) is 23.7. The third-order valence-corrected chi connectivity index (χ3v) is 7.71. The Morgan fingerprint density at radius 2 is 1.52 bits per heavy atom. The van der Waals surface area contributed by atoms with Crippen LogP contribution in [0.1, 0.15) is 50.7 Å². The van der Waals surface area contributed by atoms with Gasteiger partial charge in [0.2, 0.25) is 0 Å². The minimum Gasteiger partial charge on any atom is -0.507 e. The second kappa shape index (κ2) is 10.8. The number of para-hydroxylation sites is 1. The quantitative estimate of drug-likeness (QED) is 0.179. The van der Waals surface area contributed by atoms with Crippen molar-refractivity contribution in [2.75, 3.05) is 0 Å². The number of fused-ring (bicyclic) bond motifs is 4. The Balaban J connectivity index is 0.00000316. The van der Waals surface area contributed by atoms with Gasteiger partial charge in [-0.25, -0.2) is 9.97 Å². The van der Waals surface area contributed by atoms with Crippen molar-refractivity contribution in [3.8, 4) is 34.2 Å². The Bertz CT molecular complexity index is 2060. The number of pyridine rings is 2. The molecule has 7 rings (SSSR count). The van der Waals surface area contributed by atoms with E-state index in [2.05, 4.69) is 80.0 Å². The van der Waals surface area contributed by atoms with E-state index in [1.807, 2.05) is 30.3 Å². The molecule has 0 fully saturated rings. The van der Waals surface area contributed by atoms with E-state index < -0.39 is 0 Å². The predicted octanol–water partition coefficient (Wildman–Crippen LogP) is 8.80. The largest absolute Gasteiger partial charge is 0.507 e. The first-order chi connectivity index (χ1) is 19.9. The molecule has 4 heterocycles. The van der Waals surface area contributed by atoms with Gasteiger partial charge in [0.05, 0.1) is 16.8 Å². The predicted molar refractivity (Wildman–Crippen MR) is 163 cm³/mol. The van der Waals surface area contributed by atoms with Crippen molar-refractivity contribution in [1.82, 2.24) is 19.5 Å². The van der Waals surface area contributed by atoms with Crippen LogP contribution in [0.2, 0.25) is 0 Å². The first kappa shape index (κ1) is 27.9. The van der Waals surface area contributed by atoms with Crippen molar-refractivity contribution in [2.45, 2.75) is 39.5 Å². The molecule has 0 radical (unpaired) electrons. The average Bonchev–Trinajstić information content (AvgIpc) is 3.58. The van der Waals surface area contributed by atoms with E-state index in [-0.39, 0.29) is 26.8 Å². The fourth-order valence-corrected chi connectivity index (χ4v) is 5.71. The van der Waals surface area contributed by atoms with Crippen LogP contribution in [-0.4, -0.2) is 24.6 Å². The number of hydrogen-bond donors (Lipinski definition) is 1. The summed E-state index contributed by atoms with van der Waals surface area (Å²) in [7, 11) is 0. The maximum absolute atomic E-state index is 10.6. The summed E-state index contributed by atoms with van der Waals surface area (Å²) in [5, 5.41) is 13.2. The monoisotopic (exact) mass is 732 g/mol. The summed E-state index contributed by atoms with van der Waals surface area (Å²) in [5.74, 6) is 1.55. The van der Waals surface area contributed by atoms with Gasteiger partial charge in [-0.15, -0.1) is 16.8 Å². The van der Waals surface area contributed by atoms with E-state index in [4.69, 9.17) is 14.4 Å². The topological polar surface area (TPSA) is 77.0 Å². The van der Waals surface area contributed by atoms with Gasteiger partial charge in [0.1, 0.15) is 28.4 Å². The van der Waals surface area contributed by atoms with Crippen LogP contribution in [0.3, 0.4) is 0 Å². The molecule has 0 saturated heterocycles. The number of nitrogens with zero attached hydrogens (tertiary/aromatic N) is 4. The Kier molecular flexibility index (Phi) is 7.20. The van der Waals surface area contributed by atoms with E-state index in [1.54, 1.807) is 18.3 Å². The number of aromatic nitrogens is 4. The molecule has 0 unspecified atom stereocenters. The van der Waals surface area contributed by atoms with Crippen LogP contribution in [0, 0.1) is 6.20 Å². The van der Waals surface area contributed by atoms with Crippen molar-refractivity contribution in [2.24, 2.45) is 0 Å². The van der Waals surface area contributed by atoms with E-state index in [1.165, 1.54) is 11.1 Å². The van der Waals surface area contributed by atoms with Gasteiger partial charge >= 0.3 is 0 Å². The van der Waals surface area contributed by atoms with Crippen molar-refractivity contribution in [3.63, 3.8) is 0 Å². The van der Waals surface area contributed by atoms with Gasteiger partial charge < -0.3 is 19.1 Å². The van der Waals surface area contributed by atoms with Crippen LogP contribution in [0.5, 0.6) is 5.75 Å². The Morgan fingerprint density at radius 1 is 0.786 bits per heavy atom. The first-order valence-corrected chi connectivity index (χ1v) is 13.9. The zero-order chi connectivity index (χ0) is 28.2. The molecule has 0 atom stereocenters. The van der Waals surface area contributed by atoms with Gasteiger partial charge in [0.25, 0.3) is 0 Å². The smallest absolute Gasteiger partial charge is 0.154 e. The van der Waals surface area contributed by atoms with Gasteiger partial charge in [0.15, 0.2) is 5.58 Å². The molecule has 1 N–H and O–H groups in total. The summed E-state index contributed by atoms with van der Waals surface area (Å²) in [6.07, 6.45) is 7.05. The molecule has 0 aliphatic rings.